The van der Waals surface area contributed by atoms with Gasteiger partial charge in [0.1, 0.15) is 0 Å². The number of rotatable bonds is 1. The van der Waals surface area contributed by atoms with Crippen LogP contribution in [0.3, 0.4) is 0 Å². The van der Waals surface area contributed by atoms with Gasteiger partial charge in [-0.15, -0.1) is 0 Å². The average Bonchev–Trinajstić information content (AvgIpc) is 2.53. The van der Waals surface area contributed by atoms with Crippen LogP contribution in [0.4, 0.5) is 0 Å². The second kappa shape index (κ2) is 3.20. The standard InChI is InChI=1S/C9H12N2O2/c12-8-5-7(10-9(13)11-8)6-3-1-2-4-6/h5-6H,1-4H2,(H2,10,11,12,13). The van der Waals surface area contributed by atoms with Gasteiger partial charge in [-0.3, -0.25) is 9.78 Å². The lowest BCUT2D eigenvalue weighted by Gasteiger charge is -2.06. The highest BCUT2D eigenvalue weighted by Crippen LogP contribution is 2.31. The van der Waals surface area contributed by atoms with Crippen molar-refractivity contribution < 1.29 is 0 Å². The van der Waals surface area contributed by atoms with Gasteiger partial charge in [-0.05, 0) is 18.8 Å². The van der Waals surface area contributed by atoms with Gasteiger partial charge in [0.2, 0.25) is 0 Å². The molecule has 0 bridgehead atoms. The molecule has 4 nitrogen and oxygen atoms in total. The van der Waals surface area contributed by atoms with Gasteiger partial charge < -0.3 is 4.98 Å². The van der Waals surface area contributed by atoms with E-state index >= 15 is 0 Å². The summed E-state index contributed by atoms with van der Waals surface area (Å²) in [5.74, 6) is 0.384. The first-order valence-electron chi connectivity index (χ1n) is 4.59. The van der Waals surface area contributed by atoms with E-state index in [4.69, 9.17) is 0 Å². The molecule has 1 aliphatic carbocycles. The van der Waals surface area contributed by atoms with Crippen LogP contribution in [0.2, 0.25) is 0 Å². The van der Waals surface area contributed by atoms with Crippen LogP contribution < -0.4 is 11.2 Å². The molecule has 70 valence electrons. The Kier molecular flexibility index (Phi) is 2.04. The van der Waals surface area contributed by atoms with Crippen LogP contribution in [0.5, 0.6) is 0 Å². The molecule has 1 fully saturated rings. The van der Waals surface area contributed by atoms with E-state index in [1.807, 2.05) is 0 Å². The molecule has 0 aromatic carbocycles. The predicted octanol–water partition coefficient (Wildman–Crippen LogP) is 0.721. The molecule has 1 aliphatic rings. The molecule has 0 saturated heterocycles. The number of aromatic amines is 2. The average molecular weight is 180 g/mol. The van der Waals surface area contributed by atoms with Crippen LogP contribution >= 0.6 is 0 Å². The van der Waals surface area contributed by atoms with Gasteiger partial charge in [-0.1, -0.05) is 12.8 Å². The fraction of sp³-hybridized carbons (Fsp3) is 0.556. The van der Waals surface area contributed by atoms with Crippen LogP contribution in [0.15, 0.2) is 15.7 Å². The van der Waals surface area contributed by atoms with Gasteiger partial charge in [0.25, 0.3) is 5.56 Å². The molecule has 0 atom stereocenters. The summed E-state index contributed by atoms with van der Waals surface area (Å²) in [6.45, 7) is 0. The summed E-state index contributed by atoms with van der Waals surface area (Å²) in [5, 5.41) is 0. The molecule has 2 N–H and O–H groups in total. The summed E-state index contributed by atoms with van der Waals surface area (Å²) in [6, 6.07) is 1.50. The molecule has 4 heteroatoms. The molecule has 1 aromatic rings. The van der Waals surface area contributed by atoms with Gasteiger partial charge >= 0.3 is 5.69 Å². The second-order valence-corrected chi connectivity index (χ2v) is 3.52. The van der Waals surface area contributed by atoms with Crippen molar-refractivity contribution in [1.82, 2.24) is 9.97 Å². The molecule has 1 heterocycles. The molecular formula is C9H12N2O2. The van der Waals surface area contributed by atoms with Crippen molar-refractivity contribution in [2.45, 2.75) is 31.6 Å². The fourth-order valence-corrected chi connectivity index (χ4v) is 1.94. The van der Waals surface area contributed by atoms with Crippen molar-refractivity contribution in [3.63, 3.8) is 0 Å². The van der Waals surface area contributed by atoms with E-state index in [-0.39, 0.29) is 5.56 Å². The van der Waals surface area contributed by atoms with Crippen molar-refractivity contribution in [2.24, 2.45) is 0 Å². The smallest absolute Gasteiger partial charge is 0.311 e. The lowest BCUT2D eigenvalue weighted by molar-refractivity contribution is 0.686. The van der Waals surface area contributed by atoms with Gasteiger partial charge in [-0.2, -0.15) is 0 Å². The highest BCUT2D eigenvalue weighted by Gasteiger charge is 2.17. The molecule has 0 spiro atoms. The maximum absolute atomic E-state index is 11.0. The van der Waals surface area contributed by atoms with Gasteiger partial charge in [-0.25, -0.2) is 4.79 Å². The van der Waals surface area contributed by atoms with Crippen molar-refractivity contribution in [3.05, 3.63) is 32.6 Å². The quantitative estimate of drug-likeness (QED) is 0.668. The van der Waals surface area contributed by atoms with Crippen molar-refractivity contribution in [3.8, 4) is 0 Å². The summed E-state index contributed by atoms with van der Waals surface area (Å²) in [7, 11) is 0. The third-order valence-corrected chi connectivity index (χ3v) is 2.58. The number of aromatic nitrogens is 2. The van der Waals surface area contributed by atoms with E-state index in [0.717, 1.165) is 18.5 Å². The minimum absolute atomic E-state index is 0.300. The second-order valence-electron chi connectivity index (χ2n) is 3.52. The Bertz CT molecular complexity index is 370. The van der Waals surface area contributed by atoms with Crippen molar-refractivity contribution in [2.75, 3.05) is 0 Å². The highest BCUT2D eigenvalue weighted by molar-refractivity contribution is 5.07. The Morgan fingerprint density at radius 3 is 2.46 bits per heavy atom. The summed E-state index contributed by atoms with van der Waals surface area (Å²) < 4.78 is 0. The summed E-state index contributed by atoms with van der Waals surface area (Å²) in [5.41, 5.74) is 0.103. The zero-order valence-electron chi connectivity index (χ0n) is 7.30. The molecule has 0 unspecified atom stereocenters. The molecule has 0 radical (unpaired) electrons. The largest absolute Gasteiger partial charge is 0.325 e. The lowest BCUT2D eigenvalue weighted by Crippen LogP contribution is -2.23. The third kappa shape index (κ3) is 1.71. The Balaban J connectivity index is 2.39. The first-order valence-corrected chi connectivity index (χ1v) is 4.59. The Morgan fingerprint density at radius 1 is 1.15 bits per heavy atom. The maximum Gasteiger partial charge on any atom is 0.325 e. The number of nitrogens with one attached hydrogen (secondary N) is 2. The van der Waals surface area contributed by atoms with E-state index in [9.17, 15) is 9.59 Å². The van der Waals surface area contributed by atoms with Gasteiger partial charge in [0.05, 0.1) is 0 Å². The van der Waals surface area contributed by atoms with Gasteiger partial charge in [0, 0.05) is 11.8 Å². The third-order valence-electron chi connectivity index (χ3n) is 2.58. The molecule has 0 aliphatic heterocycles. The molecule has 2 rings (SSSR count). The first-order chi connectivity index (χ1) is 6.25. The van der Waals surface area contributed by atoms with E-state index in [1.165, 1.54) is 18.9 Å². The molecule has 13 heavy (non-hydrogen) atoms. The van der Waals surface area contributed by atoms with E-state index in [0.29, 0.717) is 5.92 Å². The Hall–Kier alpha value is -1.32. The van der Waals surface area contributed by atoms with E-state index < -0.39 is 5.69 Å². The number of hydrogen-bond donors (Lipinski definition) is 2. The zero-order valence-corrected chi connectivity index (χ0v) is 7.30. The lowest BCUT2D eigenvalue weighted by atomic mass is 10.0. The Labute approximate surface area is 75.0 Å². The number of hydrogen-bond acceptors (Lipinski definition) is 2. The van der Waals surface area contributed by atoms with Crippen LogP contribution in [0, 0.1) is 0 Å². The van der Waals surface area contributed by atoms with Crippen LogP contribution in [-0.4, -0.2) is 9.97 Å². The fourth-order valence-electron chi connectivity index (χ4n) is 1.94. The first kappa shape index (κ1) is 8.29. The molecule has 0 amide bonds. The normalized spacial score (nSPS) is 17.8. The van der Waals surface area contributed by atoms with Crippen molar-refractivity contribution in [1.29, 1.82) is 0 Å². The predicted molar refractivity (Wildman–Crippen MR) is 48.9 cm³/mol. The molecule has 1 aromatic heterocycles. The van der Waals surface area contributed by atoms with E-state index in [2.05, 4.69) is 9.97 Å². The van der Waals surface area contributed by atoms with Gasteiger partial charge in [0.15, 0.2) is 0 Å². The summed E-state index contributed by atoms with van der Waals surface area (Å²) in [6.07, 6.45) is 4.55. The van der Waals surface area contributed by atoms with E-state index in [1.54, 1.807) is 0 Å². The molecule has 1 saturated carbocycles. The molecular weight excluding hydrogens is 168 g/mol. The topological polar surface area (TPSA) is 65.7 Å². The van der Waals surface area contributed by atoms with Crippen molar-refractivity contribution >= 4 is 0 Å². The van der Waals surface area contributed by atoms with Crippen LogP contribution in [0.1, 0.15) is 37.3 Å². The number of H-pyrrole nitrogens is 2. The maximum atomic E-state index is 11.0. The summed E-state index contributed by atoms with van der Waals surface area (Å²) in [4.78, 5) is 26.8. The van der Waals surface area contributed by atoms with Crippen LogP contribution in [-0.2, 0) is 0 Å². The zero-order chi connectivity index (χ0) is 9.26. The highest BCUT2D eigenvalue weighted by atomic mass is 16.2. The monoisotopic (exact) mass is 180 g/mol. The minimum Gasteiger partial charge on any atom is -0.311 e. The Morgan fingerprint density at radius 2 is 1.85 bits per heavy atom. The SMILES string of the molecule is O=c1cc(C2CCCC2)[nH]c(=O)[nH]1. The van der Waals surface area contributed by atoms with Crippen LogP contribution in [0.25, 0.3) is 0 Å². The minimum atomic E-state index is -0.394. The summed E-state index contributed by atoms with van der Waals surface area (Å²) >= 11 is 0.